The second-order valence-corrected chi connectivity index (χ2v) is 6.07. The smallest absolute Gasteiger partial charge is 0.261 e. The van der Waals surface area contributed by atoms with Crippen molar-refractivity contribution >= 4 is 5.91 Å². The quantitative estimate of drug-likeness (QED) is 0.773. The van der Waals surface area contributed by atoms with Crippen molar-refractivity contribution in [3.8, 4) is 11.5 Å². The van der Waals surface area contributed by atoms with E-state index in [1.54, 1.807) is 7.11 Å². The molecule has 0 aliphatic rings. The average Bonchev–Trinajstić information content (AvgIpc) is 2.65. The van der Waals surface area contributed by atoms with Crippen molar-refractivity contribution in [1.29, 1.82) is 0 Å². The van der Waals surface area contributed by atoms with Gasteiger partial charge in [-0.3, -0.25) is 4.79 Å². The maximum absolute atomic E-state index is 12.7. The summed E-state index contributed by atoms with van der Waals surface area (Å²) >= 11 is 0. The van der Waals surface area contributed by atoms with Crippen molar-refractivity contribution in [3.05, 3.63) is 59.7 Å². The Morgan fingerprint density at radius 2 is 1.56 bits per heavy atom. The topological polar surface area (TPSA) is 47.6 Å². The van der Waals surface area contributed by atoms with Crippen LogP contribution in [0.3, 0.4) is 0 Å². The minimum Gasteiger partial charge on any atom is -0.497 e. The molecule has 0 bridgehead atoms. The number of nitrogens with one attached hydrogen (secondary N) is 1. The summed E-state index contributed by atoms with van der Waals surface area (Å²) in [4.78, 5) is 12.7. The fourth-order valence-corrected chi connectivity index (χ4v) is 2.63. The molecule has 4 nitrogen and oxygen atoms in total. The summed E-state index contributed by atoms with van der Waals surface area (Å²) in [5.74, 6) is 1.43. The van der Waals surface area contributed by atoms with Crippen LogP contribution in [0.25, 0.3) is 0 Å². The number of aryl methyl sites for hydroxylation is 1. The first-order valence-corrected chi connectivity index (χ1v) is 8.75. The Hall–Kier alpha value is -2.49. The van der Waals surface area contributed by atoms with Crippen LogP contribution in [0.1, 0.15) is 43.9 Å². The Morgan fingerprint density at radius 3 is 2.08 bits per heavy atom. The van der Waals surface area contributed by atoms with Crippen LogP contribution in [-0.2, 0) is 4.79 Å². The van der Waals surface area contributed by atoms with Crippen molar-refractivity contribution in [3.63, 3.8) is 0 Å². The van der Waals surface area contributed by atoms with Gasteiger partial charge in [0.25, 0.3) is 5.91 Å². The fraction of sp³-hybridized carbons (Fsp3) is 0.381. The van der Waals surface area contributed by atoms with Gasteiger partial charge in [0.1, 0.15) is 11.5 Å². The predicted octanol–water partition coefficient (Wildman–Crippen LogP) is 4.43. The number of carbonyl (C=O) groups is 1. The zero-order valence-corrected chi connectivity index (χ0v) is 15.4. The second kappa shape index (κ2) is 9.11. The number of amides is 1. The minimum atomic E-state index is -0.505. The summed E-state index contributed by atoms with van der Waals surface area (Å²) < 4.78 is 11.1. The first kappa shape index (κ1) is 18.8. The number of benzene rings is 2. The van der Waals surface area contributed by atoms with Crippen molar-refractivity contribution in [2.45, 2.75) is 45.8 Å². The van der Waals surface area contributed by atoms with Crippen LogP contribution in [-0.4, -0.2) is 19.1 Å². The molecule has 0 aromatic heterocycles. The zero-order chi connectivity index (χ0) is 18.2. The second-order valence-electron chi connectivity index (χ2n) is 6.07. The monoisotopic (exact) mass is 341 g/mol. The van der Waals surface area contributed by atoms with Gasteiger partial charge < -0.3 is 14.8 Å². The normalized spacial score (nSPS) is 13.0. The lowest BCUT2D eigenvalue weighted by Gasteiger charge is -2.22. The zero-order valence-electron chi connectivity index (χ0n) is 15.4. The van der Waals surface area contributed by atoms with Crippen molar-refractivity contribution in [2.24, 2.45) is 0 Å². The van der Waals surface area contributed by atoms with Gasteiger partial charge in [0.2, 0.25) is 0 Å². The molecule has 0 heterocycles. The molecular formula is C21H27NO3. The van der Waals surface area contributed by atoms with Gasteiger partial charge in [-0.15, -0.1) is 0 Å². The number of rotatable bonds is 8. The number of methoxy groups -OCH3 is 1. The summed E-state index contributed by atoms with van der Waals surface area (Å²) in [5, 5.41) is 3.10. The molecule has 25 heavy (non-hydrogen) atoms. The summed E-state index contributed by atoms with van der Waals surface area (Å²) in [5.41, 5.74) is 2.22. The van der Waals surface area contributed by atoms with Gasteiger partial charge in [-0.05, 0) is 49.6 Å². The Bertz CT molecular complexity index is 665. The Morgan fingerprint density at radius 1 is 0.960 bits per heavy atom. The molecule has 0 fully saturated rings. The van der Waals surface area contributed by atoms with Gasteiger partial charge in [0.05, 0.1) is 13.2 Å². The largest absolute Gasteiger partial charge is 0.497 e. The van der Waals surface area contributed by atoms with Crippen LogP contribution in [0.4, 0.5) is 0 Å². The summed E-state index contributed by atoms with van der Waals surface area (Å²) in [6.45, 7) is 6.03. The van der Waals surface area contributed by atoms with E-state index in [0.717, 1.165) is 23.3 Å². The van der Waals surface area contributed by atoms with E-state index in [1.165, 1.54) is 0 Å². The van der Waals surface area contributed by atoms with E-state index in [4.69, 9.17) is 9.47 Å². The standard InChI is InChI=1S/C21H27NO3/c1-5-19(16-9-13-17(24-4)14-10-16)22-21(23)20(6-2)25-18-11-7-15(3)8-12-18/h7-14,19-20H,5-6H2,1-4H3,(H,22,23). The molecule has 0 spiro atoms. The van der Waals surface area contributed by atoms with Crippen LogP contribution >= 0.6 is 0 Å². The van der Waals surface area contributed by atoms with Gasteiger partial charge in [0, 0.05) is 0 Å². The highest BCUT2D eigenvalue weighted by Gasteiger charge is 2.22. The Labute approximate surface area is 150 Å². The molecule has 0 saturated heterocycles. The van der Waals surface area contributed by atoms with Gasteiger partial charge in [0.15, 0.2) is 6.10 Å². The molecule has 1 N–H and O–H groups in total. The molecule has 2 aromatic rings. The van der Waals surface area contributed by atoms with E-state index in [9.17, 15) is 4.79 Å². The molecule has 2 atom stereocenters. The third-order valence-electron chi connectivity index (χ3n) is 4.21. The van der Waals surface area contributed by atoms with Crippen molar-refractivity contribution in [1.82, 2.24) is 5.32 Å². The van der Waals surface area contributed by atoms with Crippen LogP contribution in [0.5, 0.6) is 11.5 Å². The average molecular weight is 341 g/mol. The van der Waals surface area contributed by atoms with Gasteiger partial charge in [-0.2, -0.15) is 0 Å². The lowest BCUT2D eigenvalue weighted by molar-refractivity contribution is -0.128. The Kier molecular flexibility index (Phi) is 6.87. The van der Waals surface area contributed by atoms with Crippen LogP contribution in [0, 0.1) is 6.92 Å². The van der Waals surface area contributed by atoms with E-state index in [-0.39, 0.29) is 11.9 Å². The number of hydrogen-bond acceptors (Lipinski definition) is 3. The van der Waals surface area contributed by atoms with Gasteiger partial charge in [-0.25, -0.2) is 0 Å². The highest BCUT2D eigenvalue weighted by Crippen LogP contribution is 2.21. The molecule has 2 unspecified atom stereocenters. The lowest BCUT2D eigenvalue weighted by atomic mass is 10.0. The molecule has 2 aromatic carbocycles. The molecule has 2 rings (SSSR count). The van der Waals surface area contributed by atoms with Crippen molar-refractivity contribution < 1.29 is 14.3 Å². The third-order valence-corrected chi connectivity index (χ3v) is 4.21. The van der Waals surface area contributed by atoms with Crippen LogP contribution in [0.15, 0.2) is 48.5 Å². The maximum Gasteiger partial charge on any atom is 0.261 e. The number of hydrogen-bond donors (Lipinski definition) is 1. The van der Waals surface area contributed by atoms with E-state index < -0.39 is 6.10 Å². The van der Waals surface area contributed by atoms with E-state index in [0.29, 0.717) is 12.2 Å². The number of carbonyl (C=O) groups excluding carboxylic acids is 1. The first-order valence-electron chi connectivity index (χ1n) is 8.75. The summed E-state index contributed by atoms with van der Waals surface area (Å²) in [6, 6.07) is 15.5. The summed E-state index contributed by atoms with van der Waals surface area (Å²) in [7, 11) is 1.64. The van der Waals surface area contributed by atoms with E-state index in [1.807, 2.05) is 62.4 Å². The number of ether oxygens (including phenoxy) is 2. The molecule has 4 heteroatoms. The first-order chi connectivity index (χ1) is 12.1. The van der Waals surface area contributed by atoms with Gasteiger partial charge >= 0.3 is 0 Å². The van der Waals surface area contributed by atoms with Crippen LogP contribution in [0.2, 0.25) is 0 Å². The maximum atomic E-state index is 12.7. The van der Waals surface area contributed by atoms with Crippen molar-refractivity contribution in [2.75, 3.05) is 7.11 Å². The molecule has 0 radical (unpaired) electrons. The molecule has 134 valence electrons. The fourth-order valence-electron chi connectivity index (χ4n) is 2.63. The van der Waals surface area contributed by atoms with Gasteiger partial charge in [-0.1, -0.05) is 43.7 Å². The molecule has 0 aliphatic carbocycles. The molecular weight excluding hydrogens is 314 g/mol. The SMILES string of the molecule is CCC(Oc1ccc(C)cc1)C(=O)NC(CC)c1ccc(OC)cc1. The molecule has 1 amide bonds. The summed E-state index contributed by atoms with van der Waals surface area (Å²) in [6.07, 6.45) is 0.910. The molecule has 0 aliphatic heterocycles. The predicted molar refractivity (Wildman–Crippen MR) is 100 cm³/mol. The van der Waals surface area contributed by atoms with Crippen LogP contribution < -0.4 is 14.8 Å². The third kappa shape index (κ3) is 5.24. The highest BCUT2D eigenvalue weighted by molar-refractivity contribution is 5.81. The molecule has 0 saturated carbocycles. The lowest BCUT2D eigenvalue weighted by Crippen LogP contribution is -2.39. The highest BCUT2D eigenvalue weighted by atomic mass is 16.5. The van der Waals surface area contributed by atoms with E-state index >= 15 is 0 Å². The van der Waals surface area contributed by atoms with E-state index in [2.05, 4.69) is 12.2 Å². The minimum absolute atomic E-state index is 0.0472. The Balaban J connectivity index is 2.03.